The average molecular weight is 294 g/mol. The zero-order valence-electron chi connectivity index (χ0n) is 11.5. The minimum absolute atomic E-state index is 0.225. The zero-order chi connectivity index (χ0) is 14.5. The molecule has 0 spiro atoms. The maximum Gasteiger partial charge on any atom is 0.129 e. The Morgan fingerprint density at radius 3 is 2.55 bits per heavy atom. The van der Waals surface area contributed by atoms with Crippen LogP contribution in [0.15, 0.2) is 36.4 Å². The molecular weight excluding hydrogens is 277 g/mol. The highest BCUT2D eigenvalue weighted by atomic mass is 35.5. The summed E-state index contributed by atoms with van der Waals surface area (Å²) in [4.78, 5) is 6.54. The van der Waals surface area contributed by atoms with Gasteiger partial charge in [0, 0.05) is 20.1 Å². The van der Waals surface area contributed by atoms with Crippen LogP contribution in [-0.2, 0) is 13.1 Å². The number of halogens is 2. The van der Waals surface area contributed by atoms with E-state index in [1.807, 2.05) is 31.1 Å². The van der Waals surface area contributed by atoms with Crippen molar-refractivity contribution in [1.29, 1.82) is 0 Å². The van der Waals surface area contributed by atoms with E-state index in [4.69, 9.17) is 11.6 Å². The van der Waals surface area contributed by atoms with Crippen molar-refractivity contribution in [2.24, 2.45) is 0 Å². The minimum atomic E-state index is -0.225. The number of anilines is 1. The maximum absolute atomic E-state index is 12.9. The van der Waals surface area contributed by atoms with Crippen molar-refractivity contribution < 1.29 is 4.39 Å². The summed E-state index contributed by atoms with van der Waals surface area (Å²) in [7, 11) is 3.80. The third-order valence-electron chi connectivity index (χ3n) is 2.97. The summed E-state index contributed by atoms with van der Waals surface area (Å²) in [5.74, 6) is 0.612. The van der Waals surface area contributed by atoms with E-state index >= 15 is 0 Å². The Balaban J connectivity index is 2.14. The summed E-state index contributed by atoms with van der Waals surface area (Å²) in [5, 5.41) is 3.69. The highest BCUT2D eigenvalue weighted by molar-refractivity contribution is 6.31. The van der Waals surface area contributed by atoms with Crippen LogP contribution < -0.4 is 10.2 Å². The van der Waals surface area contributed by atoms with E-state index in [2.05, 4.69) is 10.3 Å². The van der Waals surface area contributed by atoms with Gasteiger partial charge >= 0.3 is 0 Å². The second kappa shape index (κ2) is 6.68. The third-order valence-corrected chi connectivity index (χ3v) is 3.32. The van der Waals surface area contributed by atoms with Crippen molar-refractivity contribution in [2.75, 3.05) is 19.0 Å². The number of nitrogens with one attached hydrogen (secondary N) is 1. The number of aromatic nitrogens is 1. The third kappa shape index (κ3) is 3.68. The molecular formula is C15H17ClFN3. The Bertz CT molecular complexity index is 572. The number of rotatable bonds is 5. The molecule has 0 aliphatic heterocycles. The molecule has 1 aromatic heterocycles. The van der Waals surface area contributed by atoms with Crippen LogP contribution in [0.3, 0.4) is 0 Å². The molecule has 0 saturated carbocycles. The lowest BCUT2D eigenvalue weighted by molar-refractivity contribution is 0.627. The molecule has 106 valence electrons. The number of hydrogen-bond donors (Lipinski definition) is 1. The molecule has 0 aliphatic carbocycles. The van der Waals surface area contributed by atoms with E-state index in [0.717, 1.165) is 17.1 Å². The first-order valence-corrected chi connectivity index (χ1v) is 6.73. The highest BCUT2D eigenvalue weighted by Gasteiger charge is 2.08. The van der Waals surface area contributed by atoms with Crippen molar-refractivity contribution >= 4 is 17.4 Å². The lowest BCUT2D eigenvalue weighted by Crippen LogP contribution is -2.19. The Kier molecular flexibility index (Phi) is 4.93. The monoisotopic (exact) mass is 293 g/mol. The van der Waals surface area contributed by atoms with Crippen LogP contribution in [0.25, 0.3) is 0 Å². The van der Waals surface area contributed by atoms with Gasteiger partial charge in [-0.05, 0) is 36.9 Å². The van der Waals surface area contributed by atoms with Crippen molar-refractivity contribution in [1.82, 2.24) is 10.3 Å². The molecule has 0 radical (unpaired) electrons. The first kappa shape index (κ1) is 14.8. The van der Waals surface area contributed by atoms with Crippen molar-refractivity contribution in [3.8, 4) is 0 Å². The maximum atomic E-state index is 12.9. The molecule has 2 rings (SSSR count). The van der Waals surface area contributed by atoms with E-state index in [1.54, 1.807) is 12.1 Å². The molecule has 0 bridgehead atoms. The fraction of sp³-hybridized carbons (Fsp3) is 0.267. The van der Waals surface area contributed by atoms with Crippen molar-refractivity contribution in [3.05, 3.63) is 58.5 Å². The predicted molar refractivity (Wildman–Crippen MR) is 80.5 cm³/mol. The highest BCUT2D eigenvalue weighted by Crippen LogP contribution is 2.20. The van der Waals surface area contributed by atoms with Crippen LogP contribution in [0.5, 0.6) is 0 Å². The second-order valence-electron chi connectivity index (χ2n) is 4.61. The number of benzene rings is 1. The fourth-order valence-electron chi connectivity index (χ4n) is 1.92. The van der Waals surface area contributed by atoms with Gasteiger partial charge in [0.15, 0.2) is 0 Å². The quantitative estimate of drug-likeness (QED) is 0.917. The fourth-order valence-corrected chi connectivity index (χ4v) is 2.09. The molecule has 20 heavy (non-hydrogen) atoms. The van der Waals surface area contributed by atoms with E-state index in [1.165, 1.54) is 12.1 Å². The molecule has 5 heteroatoms. The second-order valence-corrected chi connectivity index (χ2v) is 5.02. The van der Waals surface area contributed by atoms with Gasteiger partial charge in [-0.3, -0.25) is 0 Å². The lowest BCUT2D eigenvalue weighted by atomic mass is 10.2. The summed E-state index contributed by atoms with van der Waals surface area (Å²) >= 11 is 6.09. The van der Waals surface area contributed by atoms with E-state index in [9.17, 15) is 4.39 Å². The largest absolute Gasteiger partial charge is 0.355 e. The van der Waals surface area contributed by atoms with Crippen LogP contribution in [-0.4, -0.2) is 19.1 Å². The zero-order valence-corrected chi connectivity index (χ0v) is 12.3. The number of pyridine rings is 1. The summed E-state index contributed by atoms with van der Waals surface area (Å²) in [5.41, 5.74) is 1.85. The molecule has 0 amide bonds. The molecule has 1 aromatic carbocycles. The Labute approximate surface area is 123 Å². The van der Waals surface area contributed by atoms with Crippen LogP contribution >= 0.6 is 11.6 Å². The average Bonchev–Trinajstić information content (AvgIpc) is 2.44. The van der Waals surface area contributed by atoms with Gasteiger partial charge in [0.2, 0.25) is 0 Å². The smallest absolute Gasteiger partial charge is 0.129 e. The molecule has 1 N–H and O–H groups in total. The molecule has 0 fully saturated rings. The summed E-state index contributed by atoms with van der Waals surface area (Å²) < 4.78 is 12.9. The first-order chi connectivity index (χ1) is 9.60. The van der Waals surface area contributed by atoms with E-state index in [0.29, 0.717) is 18.1 Å². The van der Waals surface area contributed by atoms with Gasteiger partial charge in [0.05, 0.1) is 10.7 Å². The van der Waals surface area contributed by atoms with Crippen LogP contribution in [0.2, 0.25) is 5.02 Å². The lowest BCUT2D eigenvalue weighted by Gasteiger charge is -2.19. The Morgan fingerprint density at radius 1 is 1.20 bits per heavy atom. The molecule has 3 nitrogen and oxygen atoms in total. The molecule has 2 aromatic rings. The van der Waals surface area contributed by atoms with Crippen molar-refractivity contribution in [3.63, 3.8) is 0 Å². The SMILES string of the molecule is CNCc1nc(N(C)Cc2ccc(F)cc2)ccc1Cl. The Morgan fingerprint density at radius 2 is 1.90 bits per heavy atom. The van der Waals surface area contributed by atoms with Gasteiger partial charge in [-0.15, -0.1) is 0 Å². The normalized spacial score (nSPS) is 10.6. The molecule has 1 heterocycles. The number of hydrogen-bond acceptors (Lipinski definition) is 3. The van der Waals surface area contributed by atoms with E-state index in [-0.39, 0.29) is 5.82 Å². The minimum Gasteiger partial charge on any atom is -0.355 e. The van der Waals surface area contributed by atoms with Gasteiger partial charge in [0.25, 0.3) is 0 Å². The molecule has 0 atom stereocenters. The standard InChI is InChI=1S/C15H17ClFN3/c1-18-9-14-13(16)7-8-15(19-14)20(2)10-11-3-5-12(17)6-4-11/h3-8,18H,9-10H2,1-2H3. The number of nitrogens with zero attached hydrogens (tertiary/aromatic N) is 2. The van der Waals surface area contributed by atoms with Crippen LogP contribution in [0, 0.1) is 5.82 Å². The van der Waals surface area contributed by atoms with Gasteiger partial charge in [-0.2, -0.15) is 0 Å². The topological polar surface area (TPSA) is 28.2 Å². The van der Waals surface area contributed by atoms with E-state index < -0.39 is 0 Å². The predicted octanol–water partition coefficient (Wildman–Crippen LogP) is 3.23. The summed E-state index contributed by atoms with van der Waals surface area (Å²) in [6.45, 7) is 1.28. The first-order valence-electron chi connectivity index (χ1n) is 6.35. The van der Waals surface area contributed by atoms with Gasteiger partial charge in [-0.25, -0.2) is 9.37 Å². The van der Waals surface area contributed by atoms with Gasteiger partial charge < -0.3 is 10.2 Å². The summed E-state index contributed by atoms with van der Waals surface area (Å²) in [6, 6.07) is 10.2. The molecule has 0 saturated heterocycles. The van der Waals surface area contributed by atoms with Gasteiger partial charge in [0.1, 0.15) is 11.6 Å². The van der Waals surface area contributed by atoms with Gasteiger partial charge in [-0.1, -0.05) is 23.7 Å². The van der Waals surface area contributed by atoms with Crippen molar-refractivity contribution in [2.45, 2.75) is 13.1 Å². The van der Waals surface area contributed by atoms with Crippen LogP contribution in [0.1, 0.15) is 11.3 Å². The molecule has 0 unspecified atom stereocenters. The van der Waals surface area contributed by atoms with Crippen LogP contribution in [0.4, 0.5) is 10.2 Å². The Hall–Kier alpha value is -1.65. The summed E-state index contributed by atoms with van der Waals surface area (Å²) in [6.07, 6.45) is 0. The molecule has 0 aliphatic rings.